The fraction of sp³-hybridized carbons (Fsp3) is 0.800. The van der Waals surface area contributed by atoms with Crippen molar-refractivity contribution in [3.05, 3.63) is 15.6 Å². The Labute approximate surface area is 125 Å². The molecule has 1 atom stereocenters. The lowest BCUT2D eigenvalue weighted by Crippen LogP contribution is -2.44. The van der Waals surface area contributed by atoms with E-state index in [0.29, 0.717) is 6.04 Å². The molecule has 0 spiro atoms. The van der Waals surface area contributed by atoms with E-state index in [1.54, 1.807) is 0 Å². The van der Waals surface area contributed by atoms with Crippen molar-refractivity contribution in [1.82, 2.24) is 15.2 Å². The summed E-state index contributed by atoms with van der Waals surface area (Å²) in [6.07, 6.45) is 0. The zero-order valence-electron chi connectivity index (χ0n) is 13.1. The largest absolute Gasteiger partial charge is 0.358 e. The SMILES string of the molecule is CC(c1nc2c(s1)C(C)(C)OC2(C)C)N1CCNCC1. The predicted molar refractivity (Wildman–Crippen MR) is 82.1 cm³/mol. The third-order valence-electron chi connectivity index (χ3n) is 4.33. The molecule has 0 amide bonds. The van der Waals surface area contributed by atoms with Gasteiger partial charge in [-0.25, -0.2) is 4.98 Å². The number of nitrogens with zero attached hydrogens (tertiary/aromatic N) is 2. The summed E-state index contributed by atoms with van der Waals surface area (Å²) in [6.45, 7) is 15.2. The average Bonchev–Trinajstić information content (AvgIpc) is 2.90. The van der Waals surface area contributed by atoms with Gasteiger partial charge in [0.2, 0.25) is 0 Å². The molecule has 0 bridgehead atoms. The molecule has 2 aliphatic heterocycles. The number of nitrogens with one attached hydrogen (secondary N) is 1. The topological polar surface area (TPSA) is 37.4 Å². The maximum atomic E-state index is 6.15. The van der Waals surface area contributed by atoms with Gasteiger partial charge in [0.25, 0.3) is 0 Å². The summed E-state index contributed by atoms with van der Waals surface area (Å²) in [5.41, 5.74) is 0.666. The minimum Gasteiger partial charge on any atom is -0.358 e. The summed E-state index contributed by atoms with van der Waals surface area (Å²) in [6, 6.07) is 0.402. The van der Waals surface area contributed by atoms with Gasteiger partial charge in [0.15, 0.2) is 0 Å². The maximum Gasteiger partial charge on any atom is 0.110 e. The van der Waals surface area contributed by atoms with Crippen molar-refractivity contribution in [2.75, 3.05) is 26.2 Å². The molecule has 1 unspecified atom stereocenters. The third-order valence-corrected chi connectivity index (χ3v) is 5.86. The van der Waals surface area contributed by atoms with E-state index < -0.39 is 0 Å². The molecule has 1 aromatic heterocycles. The van der Waals surface area contributed by atoms with Crippen LogP contribution in [0.15, 0.2) is 0 Å². The molecule has 1 N–H and O–H groups in total. The van der Waals surface area contributed by atoms with Crippen molar-refractivity contribution in [3.63, 3.8) is 0 Å². The average molecular weight is 295 g/mol. The van der Waals surface area contributed by atoms with Crippen LogP contribution in [0.1, 0.15) is 56.2 Å². The van der Waals surface area contributed by atoms with Crippen molar-refractivity contribution >= 4 is 11.3 Å². The van der Waals surface area contributed by atoms with Crippen molar-refractivity contribution < 1.29 is 4.74 Å². The van der Waals surface area contributed by atoms with Crippen LogP contribution in [-0.4, -0.2) is 36.1 Å². The number of hydrogen-bond acceptors (Lipinski definition) is 5. The van der Waals surface area contributed by atoms with Gasteiger partial charge in [-0.15, -0.1) is 11.3 Å². The van der Waals surface area contributed by atoms with Gasteiger partial charge in [-0.3, -0.25) is 4.90 Å². The molecule has 1 aromatic rings. The van der Waals surface area contributed by atoms with Crippen molar-refractivity contribution in [3.8, 4) is 0 Å². The first kappa shape index (κ1) is 14.4. The normalized spacial score (nSPS) is 26.4. The Kier molecular flexibility index (Phi) is 3.44. The van der Waals surface area contributed by atoms with E-state index in [1.165, 1.54) is 9.88 Å². The van der Waals surface area contributed by atoms with Crippen LogP contribution in [0.25, 0.3) is 0 Å². The standard InChI is InChI=1S/C15H25N3OS/c1-10(18-8-6-16-7-9-18)13-17-11-12(20-13)15(4,5)19-14(11,2)3/h10,16H,6-9H2,1-5H3. The van der Waals surface area contributed by atoms with Crippen LogP contribution in [0.5, 0.6) is 0 Å². The number of thiazole rings is 1. The first-order chi connectivity index (χ1) is 9.31. The second-order valence-corrected chi connectivity index (χ2v) is 7.85. The minimum atomic E-state index is -0.267. The van der Waals surface area contributed by atoms with Crippen LogP contribution < -0.4 is 5.32 Å². The summed E-state index contributed by atoms with van der Waals surface area (Å²) in [7, 11) is 0. The van der Waals surface area contributed by atoms with Crippen LogP contribution in [-0.2, 0) is 15.9 Å². The van der Waals surface area contributed by atoms with Gasteiger partial charge in [0.05, 0.1) is 22.2 Å². The van der Waals surface area contributed by atoms with Gasteiger partial charge < -0.3 is 10.1 Å². The molecule has 1 saturated heterocycles. The molecule has 112 valence electrons. The fourth-order valence-electron chi connectivity index (χ4n) is 3.29. The van der Waals surface area contributed by atoms with Gasteiger partial charge in [-0.1, -0.05) is 0 Å². The van der Waals surface area contributed by atoms with Crippen LogP contribution in [0, 0.1) is 0 Å². The minimum absolute atomic E-state index is 0.210. The van der Waals surface area contributed by atoms with Crippen LogP contribution in [0.4, 0.5) is 0 Å². The highest BCUT2D eigenvalue weighted by Gasteiger charge is 2.46. The lowest BCUT2D eigenvalue weighted by atomic mass is 10.0. The Morgan fingerprint density at radius 3 is 2.45 bits per heavy atom. The molecule has 1 fully saturated rings. The predicted octanol–water partition coefficient (Wildman–Crippen LogP) is 2.61. The molecular formula is C15H25N3OS. The van der Waals surface area contributed by atoms with E-state index in [0.717, 1.165) is 31.9 Å². The van der Waals surface area contributed by atoms with Crippen LogP contribution in [0.2, 0.25) is 0 Å². The Morgan fingerprint density at radius 1 is 1.20 bits per heavy atom. The molecular weight excluding hydrogens is 270 g/mol. The number of ether oxygens (including phenoxy) is 1. The Morgan fingerprint density at radius 2 is 1.85 bits per heavy atom. The van der Waals surface area contributed by atoms with E-state index in [2.05, 4.69) is 44.8 Å². The molecule has 3 heterocycles. The van der Waals surface area contributed by atoms with Crippen molar-refractivity contribution in [2.45, 2.75) is 51.9 Å². The number of rotatable bonds is 2. The number of hydrogen-bond donors (Lipinski definition) is 1. The molecule has 5 heteroatoms. The van der Waals surface area contributed by atoms with Crippen LogP contribution >= 0.6 is 11.3 Å². The van der Waals surface area contributed by atoms with E-state index in [9.17, 15) is 0 Å². The Balaban J connectivity index is 1.90. The molecule has 0 aliphatic carbocycles. The van der Waals surface area contributed by atoms with Crippen molar-refractivity contribution in [1.29, 1.82) is 0 Å². The van der Waals surface area contributed by atoms with E-state index in [-0.39, 0.29) is 11.2 Å². The molecule has 0 aromatic carbocycles. The molecule has 4 nitrogen and oxygen atoms in total. The molecule has 0 radical (unpaired) electrons. The van der Waals surface area contributed by atoms with Gasteiger partial charge in [-0.2, -0.15) is 0 Å². The first-order valence-corrected chi connectivity index (χ1v) is 8.29. The lowest BCUT2D eigenvalue weighted by molar-refractivity contribution is -0.105. The molecule has 20 heavy (non-hydrogen) atoms. The van der Waals surface area contributed by atoms with Gasteiger partial charge in [0, 0.05) is 26.2 Å². The third kappa shape index (κ3) is 2.30. The fourth-order valence-corrected chi connectivity index (χ4v) is 4.63. The second-order valence-electron chi connectivity index (χ2n) is 6.81. The molecule has 3 rings (SSSR count). The first-order valence-electron chi connectivity index (χ1n) is 7.48. The molecule has 2 aliphatic rings. The van der Waals surface area contributed by atoms with Gasteiger partial charge >= 0.3 is 0 Å². The monoisotopic (exact) mass is 295 g/mol. The quantitative estimate of drug-likeness (QED) is 0.910. The summed E-state index contributed by atoms with van der Waals surface area (Å²) < 4.78 is 6.15. The highest BCUT2D eigenvalue weighted by Crippen LogP contribution is 2.49. The Bertz CT molecular complexity index is 472. The number of fused-ring (bicyclic) bond motifs is 1. The summed E-state index contributed by atoms with van der Waals surface area (Å²) in [5.74, 6) is 0. The van der Waals surface area contributed by atoms with Gasteiger partial charge in [0.1, 0.15) is 10.6 Å². The zero-order chi connectivity index (χ0) is 14.5. The summed E-state index contributed by atoms with van der Waals surface area (Å²) in [4.78, 5) is 8.77. The number of aromatic nitrogens is 1. The zero-order valence-corrected chi connectivity index (χ0v) is 13.9. The maximum absolute atomic E-state index is 6.15. The van der Waals surface area contributed by atoms with Crippen molar-refractivity contribution in [2.24, 2.45) is 0 Å². The highest BCUT2D eigenvalue weighted by atomic mass is 32.1. The number of piperazine rings is 1. The lowest BCUT2D eigenvalue weighted by Gasteiger charge is -2.32. The second kappa shape index (κ2) is 4.77. The smallest absolute Gasteiger partial charge is 0.110 e. The Hall–Kier alpha value is -0.490. The van der Waals surface area contributed by atoms with E-state index in [4.69, 9.17) is 9.72 Å². The van der Waals surface area contributed by atoms with E-state index >= 15 is 0 Å². The summed E-state index contributed by atoms with van der Waals surface area (Å²) in [5, 5.41) is 4.64. The summed E-state index contributed by atoms with van der Waals surface area (Å²) >= 11 is 1.83. The van der Waals surface area contributed by atoms with Crippen LogP contribution in [0.3, 0.4) is 0 Å². The van der Waals surface area contributed by atoms with E-state index in [1.807, 2.05) is 11.3 Å². The molecule has 0 saturated carbocycles. The highest BCUT2D eigenvalue weighted by molar-refractivity contribution is 7.12. The van der Waals surface area contributed by atoms with Gasteiger partial charge in [-0.05, 0) is 34.6 Å².